The normalized spacial score (nSPS) is 10.6. The molecule has 28 heavy (non-hydrogen) atoms. The van der Waals surface area contributed by atoms with Crippen LogP contribution in [-0.4, -0.2) is 34.8 Å². The van der Waals surface area contributed by atoms with E-state index in [-0.39, 0.29) is 11.7 Å². The number of carbonyl (C=O) groups is 2. The predicted molar refractivity (Wildman–Crippen MR) is 106 cm³/mol. The van der Waals surface area contributed by atoms with Crippen molar-refractivity contribution >= 4 is 29.3 Å². The minimum atomic E-state index is -0.444. The van der Waals surface area contributed by atoms with Gasteiger partial charge in [-0.1, -0.05) is 11.8 Å². The van der Waals surface area contributed by atoms with E-state index in [0.29, 0.717) is 33.4 Å². The van der Waals surface area contributed by atoms with Gasteiger partial charge in [0.2, 0.25) is 0 Å². The lowest BCUT2D eigenvalue weighted by Crippen LogP contribution is -2.17. The molecule has 0 radical (unpaired) electrons. The molecule has 0 aliphatic rings. The van der Waals surface area contributed by atoms with Crippen LogP contribution in [0.2, 0.25) is 0 Å². The van der Waals surface area contributed by atoms with E-state index >= 15 is 0 Å². The number of rotatable bonds is 5. The Morgan fingerprint density at radius 3 is 2.50 bits per heavy atom. The van der Waals surface area contributed by atoms with Crippen LogP contribution < -0.4 is 5.32 Å². The van der Waals surface area contributed by atoms with Gasteiger partial charge in [0.15, 0.2) is 5.16 Å². The molecule has 1 heterocycles. The Morgan fingerprint density at radius 2 is 1.89 bits per heavy atom. The number of hydrogen-bond acceptors (Lipinski definition) is 5. The van der Waals surface area contributed by atoms with Crippen LogP contribution in [0, 0.1) is 12.7 Å². The van der Waals surface area contributed by atoms with Crippen LogP contribution in [-0.2, 0) is 4.74 Å². The maximum absolute atomic E-state index is 13.3. The lowest BCUT2D eigenvalue weighted by atomic mass is 10.1. The van der Waals surface area contributed by atoms with Crippen LogP contribution >= 0.6 is 11.8 Å². The molecule has 3 aromatic rings. The molecule has 0 aliphatic carbocycles. The number of halogens is 1. The number of nitrogens with zero attached hydrogens (tertiary/aromatic N) is 2. The zero-order valence-corrected chi connectivity index (χ0v) is 16.3. The zero-order valence-electron chi connectivity index (χ0n) is 15.5. The molecule has 0 unspecified atom stereocenters. The third-order valence-electron chi connectivity index (χ3n) is 4.13. The number of methoxy groups -OCH3 is 1. The van der Waals surface area contributed by atoms with Crippen molar-refractivity contribution in [3.05, 3.63) is 71.3 Å². The standard InChI is InChI=1S/C20H18FN3O3S/c1-12-10-13(19(26)27-2)4-9-16(12)23-18(25)17-11-22-20(28-3)24(17)15-7-5-14(21)6-8-15/h4-11H,1-3H3,(H,23,25). The number of amides is 1. The number of aryl methyl sites for hydroxylation is 1. The summed E-state index contributed by atoms with van der Waals surface area (Å²) in [6.07, 6.45) is 3.32. The number of benzene rings is 2. The Morgan fingerprint density at radius 1 is 1.18 bits per heavy atom. The number of imidazole rings is 1. The highest BCUT2D eigenvalue weighted by molar-refractivity contribution is 7.98. The van der Waals surface area contributed by atoms with Crippen LogP contribution in [0.4, 0.5) is 10.1 Å². The summed E-state index contributed by atoms with van der Waals surface area (Å²) in [5, 5.41) is 3.44. The number of carbonyl (C=O) groups excluding carboxylic acids is 2. The molecule has 0 saturated heterocycles. The number of ether oxygens (including phenoxy) is 1. The summed E-state index contributed by atoms with van der Waals surface area (Å²) in [6, 6.07) is 10.7. The van der Waals surface area contributed by atoms with Gasteiger partial charge in [-0.15, -0.1) is 0 Å². The number of thioether (sulfide) groups is 1. The summed E-state index contributed by atoms with van der Waals surface area (Å²) in [6.45, 7) is 1.78. The average molecular weight is 399 g/mol. The summed E-state index contributed by atoms with van der Waals surface area (Å²) in [7, 11) is 1.31. The SMILES string of the molecule is COC(=O)c1ccc(NC(=O)c2cnc(SC)n2-c2ccc(F)cc2)c(C)c1. The second kappa shape index (κ2) is 8.26. The summed E-state index contributed by atoms with van der Waals surface area (Å²) in [5.41, 5.74) is 2.63. The third kappa shape index (κ3) is 3.91. The van der Waals surface area contributed by atoms with Gasteiger partial charge in [-0.25, -0.2) is 14.2 Å². The quantitative estimate of drug-likeness (QED) is 0.517. The second-order valence-corrected chi connectivity index (χ2v) is 6.69. The highest BCUT2D eigenvalue weighted by atomic mass is 32.2. The van der Waals surface area contributed by atoms with Crippen LogP contribution in [0.3, 0.4) is 0 Å². The van der Waals surface area contributed by atoms with E-state index in [1.165, 1.54) is 37.2 Å². The second-order valence-electron chi connectivity index (χ2n) is 5.92. The maximum Gasteiger partial charge on any atom is 0.337 e. The van der Waals surface area contributed by atoms with Crippen LogP contribution in [0.15, 0.2) is 53.8 Å². The third-order valence-corrected chi connectivity index (χ3v) is 4.78. The van der Waals surface area contributed by atoms with Gasteiger partial charge in [0, 0.05) is 11.4 Å². The lowest BCUT2D eigenvalue weighted by molar-refractivity contribution is 0.0600. The first-order chi connectivity index (χ1) is 13.4. The van der Waals surface area contributed by atoms with E-state index in [1.54, 1.807) is 41.8 Å². The van der Waals surface area contributed by atoms with Crippen LogP contribution in [0.5, 0.6) is 0 Å². The minimum absolute atomic E-state index is 0.312. The predicted octanol–water partition coefficient (Wildman–Crippen LogP) is 4.08. The van der Waals surface area contributed by atoms with Gasteiger partial charge in [-0.05, 0) is 61.2 Å². The monoisotopic (exact) mass is 399 g/mol. The first-order valence-electron chi connectivity index (χ1n) is 8.32. The summed E-state index contributed by atoms with van der Waals surface area (Å²) in [5.74, 6) is -1.17. The highest BCUT2D eigenvalue weighted by Crippen LogP contribution is 2.24. The molecule has 0 bridgehead atoms. The lowest BCUT2D eigenvalue weighted by Gasteiger charge is -2.13. The maximum atomic E-state index is 13.3. The van der Waals surface area contributed by atoms with Gasteiger partial charge in [-0.3, -0.25) is 9.36 Å². The zero-order chi connectivity index (χ0) is 20.3. The molecular formula is C20H18FN3O3S. The van der Waals surface area contributed by atoms with Gasteiger partial charge in [0.25, 0.3) is 5.91 Å². The topological polar surface area (TPSA) is 73.2 Å². The van der Waals surface area contributed by atoms with Gasteiger partial charge in [0.1, 0.15) is 11.5 Å². The van der Waals surface area contributed by atoms with Gasteiger partial charge in [0.05, 0.1) is 18.9 Å². The minimum Gasteiger partial charge on any atom is -0.465 e. The van der Waals surface area contributed by atoms with Crippen molar-refractivity contribution in [3.63, 3.8) is 0 Å². The molecule has 0 fully saturated rings. The Kier molecular flexibility index (Phi) is 5.79. The number of esters is 1. The van der Waals surface area contributed by atoms with E-state index in [2.05, 4.69) is 10.3 Å². The molecule has 2 aromatic carbocycles. The van der Waals surface area contributed by atoms with E-state index in [0.717, 1.165) is 0 Å². The fourth-order valence-electron chi connectivity index (χ4n) is 2.71. The van der Waals surface area contributed by atoms with Gasteiger partial charge < -0.3 is 10.1 Å². The smallest absolute Gasteiger partial charge is 0.337 e. The molecule has 0 aliphatic heterocycles. The fraction of sp³-hybridized carbons (Fsp3) is 0.150. The summed E-state index contributed by atoms with van der Waals surface area (Å²) >= 11 is 1.38. The molecule has 144 valence electrons. The largest absolute Gasteiger partial charge is 0.465 e. The molecule has 6 nitrogen and oxygen atoms in total. The molecular weight excluding hydrogens is 381 g/mol. The fourth-order valence-corrected chi connectivity index (χ4v) is 3.26. The first kappa shape index (κ1) is 19.6. The molecule has 3 rings (SSSR count). The highest BCUT2D eigenvalue weighted by Gasteiger charge is 2.19. The van der Waals surface area contributed by atoms with Crippen molar-refractivity contribution in [2.45, 2.75) is 12.1 Å². The molecule has 1 N–H and O–H groups in total. The summed E-state index contributed by atoms with van der Waals surface area (Å²) in [4.78, 5) is 28.8. The van der Waals surface area contributed by atoms with E-state index < -0.39 is 5.97 Å². The van der Waals surface area contributed by atoms with Gasteiger partial charge in [-0.2, -0.15) is 0 Å². The number of aromatic nitrogens is 2. The van der Waals surface area contributed by atoms with E-state index in [1.807, 2.05) is 6.26 Å². The molecule has 1 aromatic heterocycles. The number of nitrogens with one attached hydrogen (secondary N) is 1. The Bertz CT molecular complexity index is 1030. The average Bonchev–Trinajstić information content (AvgIpc) is 3.13. The van der Waals surface area contributed by atoms with E-state index in [4.69, 9.17) is 4.74 Å². The van der Waals surface area contributed by atoms with Crippen molar-refractivity contribution in [3.8, 4) is 5.69 Å². The molecule has 1 amide bonds. The Balaban J connectivity index is 1.92. The molecule has 0 saturated carbocycles. The van der Waals surface area contributed by atoms with Crippen LogP contribution in [0.25, 0.3) is 5.69 Å². The molecule has 0 atom stereocenters. The molecule has 0 spiro atoms. The summed E-state index contributed by atoms with van der Waals surface area (Å²) < 4.78 is 19.6. The van der Waals surface area contributed by atoms with Crippen molar-refractivity contribution in [1.29, 1.82) is 0 Å². The Labute approximate surface area is 165 Å². The Hall–Kier alpha value is -3.13. The van der Waals surface area contributed by atoms with Crippen molar-refractivity contribution < 1.29 is 18.7 Å². The van der Waals surface area contributed by atoms with Crippen molar-refractivity contribution in [2.24, 2.45) is 0 Å². The number of hydrogen-bond donors (Lipinski definition) is 1. The molecule has 8 heteroatoms. The van der Waals surface area contributed by atoms with E-state index in [9.17, 15) is 14.0 Å². The first-order valence-corrected chi connectivity index (χ1v) is 9.55. The van der Waals surface area contributed by atoms with Crippen molar-refractivity contribution in [2.75, 3.05) is 18.7 Å². The number of anilines is 1. The van der Waals surface area contributed by atoms with Gasteiger partial charge >= 0.3 is 5.97 Å². The van der Waals surface area contributed by atoms with Crippen molar-refractivity contribution in [1.82, 2.24) is 9.55 Å². The van der Waals surface area contributed by atoms with Crippen LogP contribution in [0.1, 0.15) is 26.4 Å².